The Labute approximate surface area is 62.9 Å². The summed E-state index contributed by atoms with van der Waals surface area (Å²) in [6.07, 6.45) is 4.19. The lowest BCUT2D eigenvalue weighted by atomic mass is 10.0. The molecular formula is C8H18O2. The van der Waals surface area contributed by atoms with Crippen LogP contribution in [0.1, 0.15) is 32.6 Å². The van der Waals surface area contributed by atoms with Crippen LogP contribution in [0.2, 0.25) is 0 Å². The van der Waals surface area contributed by atoms with E-state index in [1.165, 1.54) is 0 Å². The molecule has 1 atom stereocenters. The molecular weight excluding hydrogens is 128 g/mol. The molecule has 0 aliphatic rings. The Hall–Kier alpha value is -0.0800. The zero-order valence-corrected chi connectivity index (χ0v) is 6.71. The van der Waals surface area contributed by atoms with Gasteiger partial charge in [0.05, 0.1) is 0 Å². The summed E-state index contributed by atoms with van der Waals surface area (Å²) in [6, 6.07) is 0. The van der Waals surface area contributed by atoms with Crippen LogP contribution in [-0.2, 0) is 0 Å². The summed E-state index contributed by atoms with van der Waals surface area (Å²) in [7, 11) is 0. The van der Waals surface area contributed by atoms with Crippen molar-refractivity contribution >= 4 is 0 Å². The largest absolute Gasteiger partial charge is 0.396 e. The van der Waals surface area contributed by atoms with Gasteiger partial charge in [-0.25, -0.2) is 0 Å². The van der Waals surface area contributed by atoms with Gasteiger partial charge < -0.3 is 10.2 Å². The van der Waals surface area contributed by atoms with Gasteiger partial charge in [-0.05, 0) is 18.8 Å². The second-order valence-corrected chi connectivity index (χ2v) is 2.86. The third-order valence-corrected chi connectivity index (χ3v) is 1.67. The van der Waals surface area contributed by atoms with Crippen LogP contribution < -0.4 is 0 Å². The molecule has 2 heteroatoms. The Morgan fingerprint density at radius 1 is 1.10 bits per heavy atom. The maximum Gasteiger partial charge on any atom is 0.0456 e. The summed E-state index contributed by atoms with van der Waals surface area (Å²) in [5.41, 5.74) is 0. The third-order valence-electron chi connectivity index (χ3n) is 1.67. The van der Waals surface area contributed by atoms with Crippen LogP contribution in [0.3, 0.4) is 0 Å². The Morgan fingerprint density at radius 3 is 2.30 bits per heavy atom. The second kappa shape index (κ2) is 7.03. The van der Waals surface area contributed by atoms with Gasteiger partial charge in [-0.3, -0.25) is 0 Å². The zero-order valence-electron chi connectivity index (χ0n) is 6.71. The van der Waals surface area contributed by atoms with Gasteiger partial charge >= 0.3 is 0 Å². The lowest BCUT2D eigenvalue weighted by Gasteiger charge is -2.05. The molecule has 0 aromatic carbocycles. The predicted molar refractivity (Wildman–Crippen MR) is 41.8 cm³/mol. The average Bonchev–Trinajstić information content (AvgIpc) is 1.98. The molecule has 2 N–H and O–H groups in total. The number of hydrogen-bond donors (Lipinski definition) is 2. The molecule has 0 spiro atoms. The van der Waals surface area contributed by atoms with Crippen molar-refractivity contribution in [3.05, 3.63) is 0 Å². The van der Waals surface area contributed by atoms with Gasteiger partial charge in [0.25, 0.3) is 0 Å². The van der Waals surface area contributed by atoms with E-state index in [0.29, 0.717) is 19.1 Å². The molecule has 0 bridgehead atoms. The summed E-state index contributed by atoms with van der Waals surface area (Å²) < 4.78 is 0. The molecule has 10 heavy (non-hydrogen) atoms. The molecule has 0 aromatic rings. The van der Waals surface area contributed by atoms with Crippen molar-refractivity contribution in [3.8, 4) is 0 Å². The number of hydrogen-bond acceptors (Lipinski definition) is 2. The summed E-state index contributed by atoms with van der Waals surface area (Å²) in [4.78, 5) is 0. The van der Waals surface area contributed by atoms with Crippen molar-refractivity contribution < 1.29 is 10.2 Å². The standard InChI is InChI=1S/C8H18O2/c1-8(7-10)5-3-2-4-6-9/h8-10H,2-7H2,1H3. The maximum atomic E-state index is 8.64. The van der Waals surface area contributed by atoms with Gasteiger partial charge in [0.2, 0.25) is 0 Å². The second-order valence-electron chi connectivity index (χ2n) is 2.86. The normalized spacial score (nSPS) is 13.5. The molecule has 0 rings (SSSR count). The van der Waals surface area contributed by atoms with E-state index in [1.807, 2.05) is 6.92 Å². The predicted octanol–water partition coefficient (Wildman–Crippen LogP) is 1.17. The lowest BCUT2D eigenvalue weighted by molar-refractivity contribution is 0.224. The van der Waals surface area contributed by atoms with Crippen LogP contribution in [-0.4, -0.2) is 23.4 Å². The molecule has 0 aromatic heterocycles. The highest BCUT2D eigenvalue weighted by Gasteiger charge is 1.97. The highest BCUT2D eigenvalue weighted by Crippen LogP contribution is 2.07. The molecule has 0 saturated heterocycles. The quantitative estimate of drug-likeness (QED) is 0.552. The van der Waals surface area contributed by atoms with Gasteiger partial charge in [-0.15, -0.1) is 0 Å². The molecule has 1 unspecified atom stereocenters. The van der Waals surface area contributed by atoms with Gasteiger partial charge in [0, 0.05) is 13.2 Å². The first kappa shape index (κ1) is 9.92. The van der Waals surface area contributed by atoms with Gasteiger partial charge in [0.1, 0.15) is 0 Å². The summed E-state index contributed by atoms with van der Waals surface area (Å²) >= 11 is 0. The lowest BCUT2D eigenvalue weighted by Crippen LogP contribution is -1.99. The average molecular weight is 146 g/mol. The maximum absolute atomic E-state index is 8.64. The van der Waals surface area contributed by atoms with Crippen LogP contribution >= 0.6 is 0 Å². The Morgan fingerprint density at radius 2 is 1.80 bits per heavy atom. The van der Waals surface area contributed by atoms with Gasteiger partial charge in [-0.2, -0.15) is 0 Å². The molecule has 0 amide bonds. The molecule has 0 radical (unpaired) electrons. The molecule has 0 fully saturated rings. The van der Waals surface area contributed by atoms with E-state index in [-0.39, 0.29) is 0 Å². The minimum absolute atomic E-state index is 0.291. The van der Waals surface area contributed by atoms with Crippen molar-refractivity contribution in [1.29, 1.82) is 0 Å². The zero-order chi connectivity index (χ0) is 7.82. The number of rotatable bonds is 6. The minimum atomic E-state index is 0.291. The Kier molecular flexibility index (Phi) is 6.98. The number of aliphatic hydroxyl groups is 2. The van der Waals surface area contributed by atoms with Crippen LogP contribution in [0.15, 0.2) is 0 Å². The van der Waals surface area contributed by atoms with E-state index >= 15 is 0 Å². The fraction of sp³-hybridized carbons (Fsp3) is 1.00. The van der Waals surface area contributed by atoms with E-state index in [1.54, 1.807) is 0 Å². The van der Waals surface area contributed by atoms with Crippen molar-refractivity contribution in [3.63, 3.8) is 0 Å². The van der Waals surface area contributed by atoms with E-state index < -0.39 is 0 Å². The first-order chi connectivity index (χ1) is 4.81. The van der Waals surface area contributed by atoms with Crippen molar-refractivity contribution in [2.24, 2.45) is 5.92 Å². The highest BCUT2D eigenvalue weighted by molar-refractivity contribution is 4.50. The minimum Gasteiger partial charge on any atom is -0.396 e. The number of aliphatic hydroxyl groups excluding tert-OH is 2. The summed E-state index contributed by atoms with van der Waals surface area (Å²) in [5.74, 6) is 0.429. The SMILES string of the molecule is CC(CO)CCCCCO. The Bertz CT molecular complexity index is 64.3. The molecule has 2 nitrogen and oxygen atoms in total. The van der Waals surface area contributed by atoms with Crippen molar-refractivity contribution in [2.45, 2.75) is 32.6 Å². The molecule has 0 saturated carbocycles. The van der Waals surface area contributed by atoms with Crippen LogP contribution in [0.4, 0.5) is 0 Å². The van der Waals surface area contributed by atoms with E-state index in [2.05, 4.69) is 0 Å². The number of unbranched alkanes of at least 4 members (excludes halogenated alkanes) is 2. The molecule has 0 aliphatic carbocycles. The first-order valence-corrected chi connectivity index (χ1v) is 4.03. The van der Waals surface area contributed by atoms with Crippen LogP contribution in [0.25, 0.3) is 0 Å². The van der Waals surface area contributed by atoms with Gasteiger partial charge in [0.15, 0.2) is 0 Å². The highest BCUT2D eigenvalue weighted by atomic mass is 16.3. The molecule has 0 heterocycles. The van der Waals surface area contributed by atoms with Crippen LogP contribution in [0, 0.1) is 5.92 Å². The smallest absolute Gasteiger partial charge is 0.0456 e. The Balaban J connectivity index is 2.89. The summed E-state index contributed by atoms with van der Waals surface area (Å²) in [6.45, 7) is 2.63. The monoisotopic (exact) mass is 146 g/mol. The van der Waals surface area contributed by atoms with Crippen LogP contribution in [0.5, 0.6) is 0 Å². The summed E-state index contributed by atoms with van der Waals surface area (Å²) in [5, 5.41) is 17.1. The molecule has 62 valence electrons. The van der Waals surface area contributed by atoms with Gasteiger partial charge in [-0.1, -0.05) is 19.8 Å². The third kappa shape index (κ3) is 6.05. The fourth-order valence-electron chi connectivity index (χ4n) is 0.873. The van der Waals surface area contributed by atoms with E-state index in [0.717, 1.165) is 25.7 Å². The van der Waals surface area contributed by atoms with E-state index in [9.17, 15) is 0 Å². The fourth-order valence-corrected chi connectivity index (χ4v) is 0.873. The first-order valence-electron chi connectivity index (χ1n) is 4.03. The van der Waals surface area contributed by atoms with E-state index in [4.69, 9.17) is 10.2 Å². The molecule has 0 aliphatic heterocycles. The topological polar surface area (TPSA) is 40.5 Å². The van der Waals surface area contributed by atoms with Crippen molar-refractivity contribution in [2.75, 3.05) is 13.2 Å². The van der Waals surface area contributed by atoms with Crippen molar-refractivity contribution in [1.82, 2.24) is 0 Å².